The first-order valence-electron chi connectivity index (χ1n) is 10.2. The Morgan fingerprint density at radius 1 is 1.41 bits per heavy atom. The smallest absolute Gasteiger partial charge is 0.226 e. The number of aromatic nitrogens is 2. The number of carbonyl (C=O) groups is 1. The van der Waals surface area contributed by atoms with Gasteiger partial charge in [-0.25, -0.2) is 4.98 Å². The predicted octanol–water partition coefficient (Wildman–Crippen LogP) is 4.17. The molecule has 4 rings (SSSR count). The minimum Gasteiger partial charge on any atom is -0.317 e. The fourth-order valence-electron chi connectivity index (χ4n) is 3.48. The van der Waals surface area contributed by atoms with E-state index < -0.39 is 0 Å². The van der Waals surface area contributed by atoms with Crippen molar-refractivity contribution in [2.24, 2.45) is 0 Å². The van der Waals surface area contributed by atoms with Gasteiger partial charge in [-0.05, 0) is 38.3 Å². The van der Waals surface area contributed by atoms with Crippen molar-refractivity contribution in [3.05, 3.63) is 28.9 Å². The predicted molar refractivity (Wildman–Crippen MR) is 122 cm³/mol. The third kappa shape index (κ3) is 4.50. The number of amides is 1. The van der Waals surface area contributed by atoms with Crippen molar-refractivity contribution in [3.63, 3.8) is 0 Å². The molecular weight excluding hydrogens is 402 g/mol. The molecule has 154 valence electrons. The zero-order valence-corrected chi connectivity index (χ0v) is 18.7. The van der Waals surface area contributed by atoms with Crippen LogP contribution in [0.5, 0.6) is 0 Å². The van der Waals surface area contributed by atoms with E-state index in [9.17, 15) is 4.79 Å². The number of hydrogen-bond acceptors (Lipinski definition) is 7. The summed E-state index contributed by atoms with van der Waals surface area (Å²) in [6.07, 6.45) is 6.07. The molecule has 4 heterocycles. The Bertz CT molecular complexity index is 979. The zero-order chi connectivity index (χ0) is 20.4. The highest BCUT2D eigenvalue weighted by atomic mass is 32.1. The maximum atomic E-state index is 12.6. The molecular formula is C21H27N5OS2. The van der Waals surface area contributed by atoms with Crippen LogP contribution in [-0.2, 0) is 17.8 Å². The topological polar surface area (TPSA) is 78.9 Å². The Hall–Kier alpha value is -1.87. The molecule has 1 aliphatic heterocycles. The van der Waals surface area contributed by atoms with Crippen LogP contribution in [-0.4, -0.2) is 34.5 Å². The van der Waals surface area contributed by atoms with E-state index >= 15 is 0 Å². The second-order valence-electron chi connectivity index (χ2n) is 7.62. The number of nitrogens with zero attached hydrogens (tertiary/aromatic N) is 2. The Morgan fingerprint density at radius 2 is 2.28 bits per heavy atom. The lowest BCUT2D eigenvalue weighted by Crippen LogP contribution is -2.32. The standard InChI is InChI=1S/C21H27N5OS2/c1-4-12(2)23-8-6-18(27)26-21-19(14-9-13(3)24-11-17(14)29-21)20-25-15-10-22-7-5-16(15)28-20/h5,7,10,12-13,23-24H,4,6,8-9,11H2,1-3H3,(H,26,27)/t12-,13-/m0/s1. The van der Waals surface area contributed by atoms with Crippen LogP contribution in [0.25, 0.3) is 20.8 Å². The normalized spacial score (nSPS) is 17.3. The van der Waals surface area contributed by atoms with Gasteiger partial charge in [0.05, 0.1) is 10.9 Å². The van der Waals surface area contributed by atoms with Crippen molar-refractivity contribution in [1.82, 2.24) is 20.6 Å². The van der Waals surface area contributed by atoms with Gasteiger partial charge in [0.2, 0.25) is 5.91 Å². The summed E-state index contributed by atoms with van der Waals surface area (Å²) < 4.78 is 1.12. The molecule has 0 spiro atoms. The first-order valence-corrected chi connectivity index (χ1v) is 11.8. The summed E-state index contributed by atoms with van der Waals surface area (Å²) in [5.74, 6) is 0.0458. The van der Waals surface area contributed by atoms with E-state index in [1.54, 1.807) is 35.1 Å². The zero-order valence-electron chi connectivity index (χ0n) is 17.0. The molecule has 0 unspecified atom stereocenters. The number of pyridine rings is 1. The van der Waals surface area contributed by atoms with E-state index in [4.69, 9.17) is 4.98 Å². The third-order valence-corrected chi connectivity index (χ3v) is 7.53. The Labute approximate surface area is 179 Å². The lowest BCUT2D eigenvalue weighted by atomic mass is 9.99. The minimum atomic E-state index is 0.0458. The summed E-state index contributed by atoms with van der Waals surface area (Å²) in [6.45, 7) is 8.01. The van der Waals surface area contributed by atoms with E-state index in [-0.39, 0.29) is 5.91 Å². The molecule has 0 aliphatic carbocycles. The van der Waals surface area contributed by atoms with Gasteiger partial charge >= 0.3 is 0 Å². The summed E-state index contributed by atoms with van der Waals surface area (Å²) in [5, 5.41) is 12.0. The van der Waals surface area contributed by atoms with Crippen LogP contribution >= 0.6 is 22.7 Å². The number of carbonyl (C=O) groups excluding carboxylic acids is 1. The summed E-state index contributed by atoms with van der Waals surface area (Å²) in [4.78, 5) is 22.9. The molecule has 0 fully saturated rings. The lowest BCUT2D eigenvalue weighted by molar-refractivity contribution is -0.116. The van der Waals surface area contributed by atoms with Gasteiger partial charge in [-0.3, -0.25) is 9.78 Å². The molecule has 3 N–H and O–H groups in total. The van der Waals surface area contributed by atoms with Crippen molar-refractivity contribution in [2.75, 3.05) is 11.9 Å². The summed E-state index contributed by atoms with van der Waals surface area (Å²) in [7, 11) is 0. The molecule has 0 aromatic carbocycles. The maximum Gasteiger partial charge on any atom is 0.226 e. The van der Waals surface area contributed by atoms with Crippen LogP contribution in [0.4, 0.5) is 5.00 Å². The highest BCUT2D eigenvalue weighted by Gasteiger charge is 2.27. The number of thiazole rings is 1. The second kappa shape index (κ2) is 8.87. The van der Waals surface area contributed by atoms with Gasteiger partial charge < -0.3 is 16.0 Å². The Kier molecular flexibility index (Phi) is 6.24. The van der Waals surface area contributed by atoms with E-state index in [1.807, 2.05) is 6.07 Å². The molecule has 2 atom stereocenters. The largest absolute Gasteiger partial charge is 0.317 e. The fourth-order valence-corrected chi connectivity index (χ4v) is 5.76. The second-order valence-corrected chi connectivity index (χ2v) is 9.75. The van der Waals surface area contributed by atoms with E-state index in [2.05, 4.69) is 41.7 Å². The van der Waals surface area contributed by atoms with Crippen LogP contribution < -0.4 is 16.0 Å². The van der Waals surface area contributed by atoms with E-state index in [1.165, 1.54) is 10.4 Å². The van der Waals surface area contributed by atoms with Gasteiger partial charge in [-0.2, -0.15) is 0 Å². The van der Waals surface area contributed by atoms with Crippen LogP contribution in [0.3, 0.4) is 0 Å². The number of rotatable bonds is 7. The van der Waals surface area contributed by atoms with Gasteiger partial charge in [-0.15, -0.1) is 22.7 Å². The molecule has 3 aromatic rings. The van der Waals surface area contributed by atoms with Crippen LogP contribution in [0.1, 0.15) is 44.1 Å². The summed E-state index contributed by atoms with van der Waals surface area (Å²) in [5.41, 5.74) is 3.33. The first-order chi connectivity index (χ1) is 14.0. The average molecular weight is 430 g/mol. The fraction of sp³-hybridized carbons (Fsp3) is 0.476. The summed E-state index contributed by atoms with van der Waals surface area (Å²) >= 11 is 3.34. The van der Waals surface area contributed by atoms with E-state index in [0.29, 0.717) is 25.0 Å². The SMILES string of the molecule is CC[C@H](C)NCCC(=O)Nc1sc2c(c1-c1nc3cnccc3s1)C[C@H](C)NC2. The Balaban J connectivity index is 1.62. The van der Waals surface area contributed by atoms with Crippen molar-refractivity contribution in [3.8, 4) is 10.6 Å². The van der Waals surface area contributed by atoms with Crippen molar-refractivity contribution < 1.29 is 4.79 Å². The molecule has 0 bridgehead atoms. The van der Waals surface area contributed by atoms with Crippen LogP contribution in [0.2, 0.25) is 0 Å². The molecule has 0 saturated heterocycles. The maximum absolute atomic E-state index is 12.6. The number of thiophene rings is 1. The first kappa shape index (κ1) is 20.4. The molecule has 0 radical (unpaired) electrons. The highest BCUT2D eigenvalue weighted by molar-refractivity contribution is 7.22. The number of anilines is 1. The molecule has 0 saturated carbocycles. The van der Waals surface area contributed by atoms with Crippen LogP contribution in [0.15, 0.2) is 18.5 Å². The quantitative estimate of drug-likeness (QED) is 0.525. The van der Waals surface area contributed by atoms with Gasteiger partial charge in [0.1, 0.15) is 15.5 Å². The van der Waals surface area contributed by atoms with Crippen molar-refractivity contribution in [1.29, 1.82) is 0 Å². The molecule has 1 aliphatic rings. The van der Waals surface area contributed by atoms with Gasteiger partial charge in [0, 0.05) is 48.2 Å². The molecule has 8 heteroatoms. The van der Waals surface area contributed by atoms with Gasteiger partial charge in [0.25, 0.3) is 0 Å². The number of hydrogen-bond donors (Lipinski definition) is 3. The number of fused-ring (bicyclic) bond motifs is 2. The van der Waals surface area contributed by atoms with Crippen molar-refractivity contribution >= 4 is 43.8 Å². The van der Waals surface area contributed by atoms with Gasteiger partial charge in [0.15, 0.2) is 0 Å². The Morgan fingerprint density at radius 3 is 3.07 bits per heavy atom. The molecule has 1 amide bonds. The minimum absolute atomic E-state index is 0.0458. The lowest BCUT2D eigenvalue weighted by Gasteiger charge is -2.20. The molecule has 29 heavy (non-hydrogen) atoms. The monoisotopic (exact) mass is 429 g/mol. The average Bonchev–Trinajstić information content (AvgIpc) is 3.27. The highest BCUT2D eigenvalue weighted by Crippen LogP contribution is 2.45. The third-order valence-electron chi connectivity index (χ3n) is 5.33. The summed E-state index contributed by atoms with van der Waals surface area (Å²) in [6, 6.07) is 2.84. The van der Waals surface area contributed by atoms with Gasteiger partial charge in [-0.1, -0.05) is 6.92 Å². The molecule has 3 aromatic heterocycles. The van der Waals surface area contributed by atoms with E-state index in [0.717, 1.165) is 45.2 Å². The molecule has 6 nitrogen and oxygen atoms in total. The van der Waals surface area contributed by atoms with Crippen molar-refractivity contribution in [2.45, 2.75) is 58.7 Å². The number of nitrogens with one attached hydrogen (secondary N) is 3. The van der Waals surface area contributed by atoms with Crippen LogP contribution in [0, 0.1) is 0 Å².